The van der Waals surface area contributed by atoms with E-state index in [4.69, 9.17) is 9.47 Å². The fourth-order valence-corrected chi connectivity index (χ4v) is 5.42. The molecule has 3 aromatic carbocycles. The highest BCUT2D eigenvalue weighted by atomic mass is 16.5. The lowest BCUT2D eigenvalue weighted by atomic mass is 9.87. The van der Waals surface area contributed by atoms with E-state index in [9.17, 15) is 9.59 Å². The van der Waals surface area contributed by atoms with Crippen LogP contribution in [0.2, 0.25) is 0 Å². The Balaban J connectivity index is 1.38. The number of imidazole rings is 1. The molecule has 1 atom stereocenters. The maximum atomic E-state index is 13.8. The number of nitrogens with one attached hydrogen (secondary N) is 1. The summed E-state index contributed by atoms with van der Waals surface area (Å²) in [5, 5.41) is 2.98. The summed E-state index contributed by atoms with van der Waals surface area (Å²) < 4.78 is 14.0. The van der Waals surface area contributed by atoms with Crippen LogP contribution in [0.3, 0.4) is 0 Å². The molecule has 5 aliphatic rings. The zero-order valence-corrected chi connectivity index (χ0v) is 22.5. The molecule has 8 heteroatoms. The topological polar surface area (TPSA) is 85.7 Å². The van der Waals surface area contributed by atoms with Crippen LogP contribution in [0.4, 0.5) is 0 Å². The Bertz CT molecular complexity index is 1530. The SMILES string of the molecule is Cn1ccnc1C(=O)N1CCc2cc3ccc2C1c1cccc(c1)OCCCNC(=O)CCc1ccc(cc1)O3. The number of rotatable bonds is 1. The monoisotopic (exact) mass is 536 g/mol. The summed E-state index contributed by atoms with van der Waals surface area (Å²) in [5.41, 5.74) is 4.25. The zero-order valence-electron chi connectivity index (χ0n) is 22.5. The molecule has 5 aliphatic heterocycles. The number of carbonyl (C=O) groups excluding carboxylic acids is 2. The fraction of sp³-hybridized carbons (Fsp3) is 0.281. The first-order valence-electron chi connectivity index (χ1n) is 13.7. The van der Waals surface area contributed by atoms with E-state index in [-0.39, 0.29) is 17.9 Å². The first kappa shape index (κ1) is 25.7. The average Bonchev–Trinajstić information content (AvgIpc) is 3.41. The molecule has 9 rings (SSSR count). The van der Waals surface area contributed by atoms with Gasteiger partial charge in [0.2, 0.25) is 5.91 Å². The van der Waals surface area contributed by atoms with Gasteiger partial charge in [0.15, 0.2) is 5.82 Å². The minimum absolute atomic E-state index is 0.0271. The van der Waals surface area contributed by atoms with Crippen molar-refractivity contribution in [2.45, 2.75) is 31.7 Å². The van der Waals surface area contributed by atoms with E-state index in [2.05, 4.69) is 22.4 Å². The maximum Gasteiger partial charge on any atom is 0.290 e. The third-order valence-corrected chi connectivity index (χ3v) is 7.50. The van der Waals surface area contributed by atoms with Gasteiger partial charge >= 0.3 is 0 Å². The molecule has 4 aromatic rings. The lowest BCUT2D eigenvalue weighted by molar-refractivity contribution is -0.121. The number of hydrogen-bond donors (Lipinski definition) is 1. The summed E-state index contributed by atoms with van der Waals surface area (Å²) >= 11 is 0. The average molecular weight is 537 g/mol. The van der Waals surface area contributed by atoms with Gasteiger partial charge in [0.05, 0.1) is 12.6 Å². The lowest BCUT2D eigenvalue weighted by Crippen LogP contribution is -2.41. The van der Waals surface area contributed by atoms with Gasteiger partial charge in [-0.05, 0) is 77.9 Å². The minimum Gasteiger partial charge on any atom is -0.494 e. The van der Waals surface area contributed by atoms with Crippen LogP contribution in [0.25, 0.3) is 0 Å². The molecule has 204 valence electrons. The fourth-order valence-electron chi connectivity index (χ4n) is 5.42. The Morgan fingerprint density at radius 2 is 1.82 bits per heavy atom. The van der Waals surface area contributed by atoms with E-state index in [0.717, 1.165) is 39.5 Å². The molecule has 1 aromatic heterocycles. The lowest BCUT2D eigenvalue weighted by Gasteiger charge is -2.37. The van der Waals surface area contributed by atoms with Crippen molar-refractivity contribution >= 4 is 11.8 Å². The number of carbonyl (C=O) groups is 2. The summed E-state index contributed by atoms with van der Waals surface area (Å²) in [6.45, 7) is 1.57. The molecule has 0 saturated carbocycles. The van der Waals surface area contributed by atoms with Gasteiger partial charge in [0.25, 0.3) is 5.91 Å². The van der Waals surface area contributed by atoms with Crippen molar-refractivity contribution in [2.75, 3.05) is 19.7 Å². The predicted molar refractivity (Wildman–Crippen MR) is 151 cm³/mol. The molecule has 8 nitrogen and oxygen atoms in total. The quantitative estimate of drug-likeness (QED) is 0.377. The second kappa shape index (κ2) is 11.3. The normalized spacial score (nSPS) is 17.4. The molecular formula is C32H32N4O4. The van der Waals surface area contributed by atoms with Gasteiger partial charge in [-0.1, -0.05) is 30.3 Å². The molecule has 0 spiro atoms. The van der Waals surface area contributed by atoms with Crippen LogP contribution >= 0.6 is 0 Å². The molecule has 0 radical (unpaired) electrons. The van der Waals surface area contributed by atoms with E-state index < -0.39 is 0 Å². The van der Waals surface area contributed by atoms with Gasteiger partial charge in [-0.15, -0.1) is 0 Å². The van der Waals surface area contributed by atoms with Crippen molar-refractivity contribution in [3.8, 4) is 17.2 Å². The zero-order chi connectivity index (χ0) is 27.5. The number of ether oxygens (including phenoxy) is 2. The van der Waals surface area contributed by atoms with Crippen molar-refractivity contribution in [3.05, 3.63) is 107 Å². The van der Waals surface area contributed by atoms with Crippen LogP contribution in [0, 0.1) is 0 Å². The summed E-state index contributed by atoms with van der Waals surface area (Å²) in [5.74, 6) is 2.53. The Kier molecular flexibility index (Phi) is 7.23. The molecule has 1 unspecified atom stereocenters. The summed E-state index contributed by atoms with van der Waals surface area (Å²) in [7, 11) is 1.83. The Labute approximate surface area is 233 Å². The van der Waals surface area contributed by atoms with E-state index >= 15 is 0 Å². The van der Waals surface area contributed by atoms with E-state index in [1.165, 1.54) is 0 Å². The molecule has 8 bridgehead atoms. The van der Waals surface area contributed by atoms with Crippen LogP contribution in [0.5, 0.6) is 17.2 Å². The van der Waals surface area contributed by atoms with Gasteiger partial charge in [-0.3, -0.25) is 9.59 Å². The van der Waals surface area contributed by atoms with E-state index in [1.54, 1.807) is 17.0 Å². The van der Waals surface area contributed by atoms with Crippen molar-refractivity contribution in [2.24, 2.45) is 7.05 Å². The first-order chi connectivity index (χ1) is 19.5. The van der Waals surface area contributed by atoms with Crippen LogP contribution < -0.4 is 14.8 Å². The van der Waals surface area contributed by atoms with Crippen molar-refractivity contribution < 1.29 is 19.1 Å². The molecule has 0 aliphatic carbocycles. The Hall–Kier alpha value is -4.59. The standard InChI is InChI=1S/C32H32N4O4/c1-35-18-16-34-31(35)32(38)36-17-14-23-20-27-11-12-28(23)30(36)24-4-2-5-26(21-24)39-19-3-15-33-29(37)13-8-22-6-9-25(40-27)10-7-22/h2,4-7,9-12,16,18,20-21,30H,3,8,13-15,17,19H2,1H3,(H,33,37). The molecule has 0 saturated heterocycles. The minimum atomic E-state index is -0.307. The van der Waals surface area contributed by atoms with Crippen LogP contribution in [-0.4, -0.2) is 46.0 Å². The highest BCUT2D eigenvalue weighted by Gasteiger charge is 2.34. The third kappa shape index (κ3) is 5.43. The maximum absolute atomic E-state index is 13.8. The molecule has 1 N–H and O–H groups in total. The van der Waals surface area contributed by atoms with Gasteiger partial charge in [0.1, 0.15) is 17.2 Å². The van der Waals surface area contributed by atoms with E-state index in [1.807, 2.05) is 66.5 Å². The number of benzene rings is 3. The molecule has 40 heavy (non-hydrogen) atoms. The highest BCUT2D eigenvalue weighted by molar-refractivity contribution is 5.91. The molecular weight excluding hydrogens is 504 g/mol. The number of aryl methyl sites for hydroxylation is 2. The van der Waals surface area contributed by atoms with Gasteiger partial charge in [-0.25, -0.2) is 4.98 Å². The molecule has 6 heterocycles. The smallest absolute Gasteiger partial charge is 0.290 e. The Morgan fingerprint density at radius 1 is 0.975 bits per heavy atom. The number of aromatic nitrogens is 2. The third-order valence-electron chi connectivity index (χ3n) is 7.50. The van der Waals surface area contributed by atoms with Gasteiger partial charge in [0, 0.05) is 39.0 Å². The van der Waals surface area contributed by atoms with Crippen molar-refractivity contribution in [1.29, 1.82) is 0 Å². The van der Waals surface area contributed by atoms with Gasteiger partial charge < -0.3 is 24.3 Å². The molecule has 0 fully saturated rings. The highest BCUT2D eigenvalue weighted by Crippen LogP contribution is 2.39. The summed E-state index contributed by atoms with van der Waals surface area (Å²) in [6, 6.07) is 21.6. The van der Waals surface area contributed by atoms with Crippen LogP contribution in [0.15, 0.2) is 79.1 Å². The second-order valence-corrected chi connectivity index (χ2v) is 10.2. The number of nitrogens with zero attached hydrogens (tertiary/aromatic N) is 3. The van der Waals surface area contributed by atoms with E-state index in [0.29, 0.717) is 51.2 Å². The van der Waals surface area contributed by atoms with Crippen molar-refractivity contribution in [1.82, 2.24) is 19.8 Å². The Morgan fingerprint density at radius 3 is 2.65 bits per heavy atom. The largest absolute Gasteiger partial charge is 0.494 e. The van der Waals surface area contributed by atoms with Crippen molar-refractivity contribution in [3.63, 3.8) is 0 Å². The number of amides is 2. The number of hydrogen-bond acceptors (Lipinski definition) is 5. The van der Waals surface area contributed by atoms with Crippen LogP contribution in [0.1, 0.15) is 51.8 Å². The molecule has 2 amide bonds. The summed E-state index contributed by atoms with van der Waals surface area (Å²) in [4.78, 5) is 32.3. The van der Waals surface area contributed by atoms with Crippen LogP contribution in [-0.2, 0) is 24.7 Å². The predicted octanol–water partition coefficient (Wildman–Crippen LogP) is 4.83. The van der Waals surface area contributed by atoms with Gasteiger partial charge in [-0.2, -0.15) is 0 Å². The first-order valence-corrected chi connectivity index (χ1v) is 13.7. The summed E-state index contributed by atoms with van der Waals surface area (Å²) in [6.07, 6.45) is 5.94. The second-order valence-electron chi connectivity index (χ2n) is 10.2.